The van der Waals surface area contributed by atoms with Crippen LogP contribution in [0.25, 0.3) is 5.65 Å². The van der Waals surface area contributed by atoms with Crippen LogP contribution in [0.3, 0.4) is 0 Å². The number of fused-ring (bicyclic) bond motifs is 2. The Morgan fingerprint density at radius 2 is 2.26 bits per heavy atom. The van der Waals surface area contributed by atoms with Crippen LogP contribution in [-0.2, 0) is 12.8 Å². The van der Waals surface area contributed by atoms with Gasteiger partial charge in [0.25, 0.3) is 0 Å². The van der Waals surface area contributed by atoms with Crippen molar-refractivity contribution in [2.24, 2.45) is 5.92 Å². The average Bonchev–Trinajstić information content (AvgIpc) is 3.44. The molecule has 27 heavy (non-hydrogen) atoms. The smallest absolute Gasteiger partial charge is 0.231 e. The van der Waals surface area contributed by atoms with Gasteiger partial charge in [-0.1, -0.05) is 0 Å². The van der Waals surface area contributed by atoms with Crippen molar-refractivity contribution in [1.82, 2.24) is 19.6 Å². The fourth-order valence-electron chi connectivity index (χ4n) is 4.02. The number of pyridine rings is 1. The number of ether oxygens (including phenoxy) is 1. The van der Waals surface area contributed by atoms with E-state index in [1.54, 1.807) is 10.7 Å². The molecule has 3 aromatic rings. The van der Waals surface area contributed by atoms with Gasteiger partial charge in [-0.05, 0) is 43.4 Å². The normalized spacial score (nSPS) is 18.6. The first-order valence-electron chi connectivity index (χ1n) is 9.41. The first-order valence-corrected chi connectivity index (χ1v) is 9.41. The molecule has 0 saturated carbocycles. The monoisotopic (exact) mass is 360 g/mol. The van der Waals surface area contributed by atoms with Crippen molar-refractivity contribution in [3.63, 3.8) is 0 Å². The molecule has 7 nitrogen and oxygen atoms in total. The minimum absolute atomic E-state index is 0.395. The molecule has 0 N–H and O–H groups in total. The second-order valence-corrected chi connectivity index (χ2v) is 7.24. The maximum absolute atomic E-state index is 9.54. The highest BCUT2D eigenvalue weighted by Crippen LogP contribution is 2.30. The lowest BCUT2D eigenvalue weighted by Crippen LogP contribution is -2.24. The zero-order chi connectivity index (χ0) is 18.2. The average molecular weight is 360 g/mol. The Hall–Kier alpha value is -3.14. The molecular weight excluding hydrogens is 340 g/mol. The summed E-state index contributed by atoms with van der Waals surface area (Å²) in [5.41, 5.74) is 3.92. The lowest BCUT2D eigenvalue weighted by molar-refractivity contribution is 0.249. The molecule has 4 heterocycles. The highest BCUT2D eigenvalue weighted by molar-refractivity contribution is 5.57. The van der Waals surface area contributed by atoms with Crippen LogP contribution < -0.4 is 9.64 Å². The fourth-order valence-corrected chi connectivity index (χ4v) is 4.02. The van der Waals surface area contributed by atoms with Gasteiger partial charge in [-0.3, -0.25) is 0 Å². The standard InChI is InChI=1S/C20H20N6O/c21-11-16-10-15-2-1-3-17(15)23-20(16)25-8-6-14(12-25)13-27-19-5-4-18-22-7-9-26(18)24-19/h4-5,7,9-10,14H,1-3,6,8,12-13H2. The molecule has 7 heteroatoms. The largest absolute Gasteiger partial charge is 0.476 e. The van der Waals surface area contributed by atoms with Crippen LogP contribution in [0.5, 0.6) is 5.88 Å². The molecule has 1 atom stereocenters. The SMILES string of the molecule is N#Cc1cc2c(nc1N1CCC(COc3ccc4nccn4n3)C1)CCC2. The van der Waals surface area contributed by atoms with Gasteiger partial charge in [0, 0.05) is 43.2 Å². The van der Waals surface area contributed by atoms with E-state index in [-0.39, 0.29) is 0 Å². The first-order chi connectivity index (χ1) is 13.3. The van der Waals surface area contributed by atoms with E-state index >= 15 is 0 Å². The van der Waals surface area contributed by atoms with Gasteiger partial charge in [0.1, 0.15) is 11.9 Å². The van der Waals surface area contributed by atoms with Crippen molar-refractivity contribution in [2.45, 2.75) is 25.7 Å². The van der Waals surface area contributed by atoms with Gasteiger partial charge in [-0.2, -0.15) is 5.26 Å². The van der Waals surface area contributed by atoms with Crippen LogP contribution in [0, 0.1) is 17.2 Å². The van der Waals surface area contributed by atoms with E-state index in [1.165, 1.54) is 11.3 Å². The summed E-state index contributed by atoms with van der Waals surface area (Å²) in [6.07, 6.45) is 7.76. The summed E-state index contributed by atoms with van der Waals surface area (Å²) in [5, 5.41) is 13.9. The zero-order valence-corrected chi connectivity index (χ0v) is 15.0. The Bertz CT molecular complexity index is 1040. The van der Waals surface area contributed by atoms with E-state index in [9.17, 15) is 5.26 Å². The Morgan fingerprint density at radius 3 is 3.19 bits per heavy atom. The number of anilines is 1. The second kappa shape index (κ2) is 6.54. The summed E-state index contributed by atoms with van der Waals surface area (Å²) < 4.78 is 7.62. The first kappa shape index (κ1) is 16.1. The van der Waals surface area contributed by atoms with Crippen LogP contribution >= 0.6 is 0 Å². The van der Waals surface area contributed by atoms with E-state index < -0.39 is 0 Å². The minimum Gasteiger partial charge on any atom is -0.476 e. The van der Waals surface area contributed by atoms with E-state index in [0.29, 0.717) is 24.0 Å². The molecule has 1 unspecified atom stereocenters. The fraction of sp³-hybridized carbons (Fsp3) is 0.400. The highest BCUT2D eigenvalue weighted by atomic mass is 16.5. The van der Waals surface area contributed by atoms with Crippen molar-refractivity contribution in [1.29, 1.82) is 5.26 Å². The van der Waals surface area contributed by atoms with Crippen molar-refractivity contribution in [2.75, 3.05) is 24.6 Å². The Balaban J connectivity index is 1.27. The predicted molar refractivity (Wildman–Crippen MR) is 99.8 cm³/mol. The third kappa shape index (κ3) is 2.97. The molecule has 1 aliphatic heterocycles. The third-order valence-electron chi connectivity index (χ3n) is 5.43. The zero-order valence-electron chi connectivity index (χ0n) is 15.0. The van der Waals surface area contributed by atoms with Crippen molar-refractivity contribution in [3.05, 3.63) is 47.4 Å². The number of imidazole rings is 1. The van der Waals surface area contributed by atoms with E-state index in [4.69, 9.17) is 9.72 Å². The molecule has 0 radical (unpaired) electrons. The quantitative estimate of drug-likeness (QED) is 0.711. The maximum atomic E-state index is 9.54. The third-order valence-corrected chi connectivity index (χ3v) is 5.43. The second-order valence-electron chi connectivity index (χ2n) is 7.24. The van der Waals surface area contributed by atoms with Crippen LogP contribution in [0.4, 0.5) is 5.82 Å². The van der Waals surface area contributed by atoms with Crippen molar-refractivity contribution in [3.8, 4) is 11.9 Å². The Morgan fingerprint density at radius 1 is 1.30 bits per heavy atom. The summed E-state index contributed by atoms with van der Waals surface area (Å²) in [6, 6.07) is 8.13. The molecule has 0 bridgehead atoms. The number of aromatic nitrogens is 4. The maximum Gasteiger partial charge on any atom is 0.231 e. The van der Waals surface area contributed by atoms with Crippen LogP contribution in [-0.4, -0.2) is 39.3 Å². The van der Waals surface area contributed by atoms with Crippen molar-refractivity contribution >= 4 is 11.5 Å². The Labute approximate surface area is 157 Å². The van der Waals surface area contributed by atoms with Gasteiger partial charge in [0.2, 0.25) is 5.88 Å². The Kier molecular flexibility index (Phi) is 3.89. The molecule has 1 saturated heterocycles. The number of aryl methyl sites for hydroxylation is 2. The van der Waals surface area contributed by atoms with Gasteiger partial charge in [0.05, 0.1) is 12.2 Å². The lowest BCUT2D eigenvalue weighted by Gasteiger charge is -2.20. The van der Waals surface area contributed by atoms with Gasteiger partial charge >= 0.3 is 0 Å². The topological polar surface area (TPSA) is 79.3 Å². The van der Waals surface area contributed by atoms with Crippen LogP contribution in [0.15, 0.2) is 30.6 Å². The molecule has 5 rings (SSSR count). The van der Waals surface area contributed by atoms with Gasteiger partial charge < -0.3 is 9.64 Å². The number of nitriles is 1. The molecule has 136 valence electrons. The predicted octanol–water partition coefficient (Wildman–Crippen LogP) is 2.39. The molecule has 0 aromatic carbocycles. The summed E-state index contributed by atoms with van der Waals surface area (Å²) >= 11 is 0. The summed E-state index contributed by atoms with van der Waals surface area (Å²) in [7, 11) is 0. The molecule has 2 aliphatic rings. The number of hydrogen-bond acceptors (Lipinski definition) is 6. The molecule has 1 fully saturated rings. The van der Waals surface area contributed by atoms with E-state index in [0.717, 1.165) is 50.2 Å². The number of hydrogen-bond donors (Lipinski definition) is 0. The van der Waals surface area contributed by atoms with Crippen LogP contribution in [0.2, 0.25) is 0 Å². The lowest BCUT2D eigenvalue weighted by atomic mass is 10.1. The molecule has 0 spiro atoms. The number of rotatable bonds is 4. The van der Waals surface area contributed by atoms with Crippen LogP contribution in [0.1, 0.15) is 29.7 Å². The van der Waals surface area contributed by atoms with Crippen molar-refractivity contribution < 1.29 is 4.74 Å². The summed E-state index contributed by atoms with van der Waals surface area (Å²) in [6.45, 7) is 2.37. The highest BCUT2D eigenvalue weighted by Gasteiger charge is 2.27. The van der Waals surface area contributed by atoms with E-state index in [2.05, 4.69) is 21.1 Å². The van der Waals surface area contributed by atoms with Gasteiger partial charge in [0.15, 0.2) is 5.65 Å². The molecular formula is C20H20N6O. The molecule has 1 aliphatic carbocycles. The van der Waals surface area contributed by atoms with E-state index in [1.807, 2.05) is 24.4 Å². The summed E-state index contributed by atoms with van der Waals surface area (Å²) in [4.78, 5) is 11.2. The molecule has 3 aromatic heterocycles. The number of nitrogens with zero attached hydrogens (tertiary/aromatic N) is 6. The molecule has 0 amide bonds. The minimum atomic E-state index is 0.395. The van der Waals surface area contributed by atoms with Gasteiger partial charge in [-0.15, -0.1) is 5.10 Å². The summed E-state index contributed by atoms with van der Waals surface area (Å²) in [5.74, 6) is 1.85. The van der Waals surface area contributed by atoms with Gasteiger partial charge in [-0.25, -0.2) is 14.5 Å².